The van der Waals surface area contributed by atoms with E-state index in [1.54, 1.807) is 7.05 Å². The summed E-state index contributed by atoms with van der Waals surface area (Å²) in [5, 5.41) is 3.02. The van der Waals surface area contributed by atoms with E-state index in [0.29, 0.717) is 13.0 Å². The highest BCUT2D eigenvalue weighted by molar-refractivity contribution is 5.80. The molecule has 4 heteroatoms. The number of ether oxygens (including phenoxy) is 2. The number of hydrogen-bond acceptors (Lipinski definition) is 4. The monoisotopic (exact) mass is 279 g/mol. The van der Waals surface area contributed by atoms with Gasteiger partial charge in [-0.1, -0.05) is 17.7 Å². The molecule has 0 aliphatic rings. The van der Waals surface area contributed by atoms with Crippen LogP contribution in [-0.2, 0) is 9.53 Å². The number of benzene rings is 1. The Hall–Kier alpha value is -1.55. The molecule has 112 valence electrons. The number of nitrogens with one attached hydrogen (secondary N) is 1. The fraction of sp³-hybridized carbons (Fsp3) is 0.562. The lowest BCUT2D eigenvalue weighted by Gasteiger charge is -2.26. The molecule has 0 fully saturated rings. The van der Waals surface area contributed by atoms with Crippen molar-refractivity contribution in [2.24, 2.45) is 0 Å². The molecule has 0 aliphatic heterocycles. The minimum atomic E-state index is -0.652. The molecule has 0 spiro atoms. The summed E-state index contributed by atoms with van der Waals surface area (Å²) >= 11 is 0. The van der Waals surface area contributed by atoms with Crippen LogP contribution in [0.3, 0.4) is 0 Å². The van der Waals surface area contributed by atoms with Crippen LogP contribution in [0, 0.1) is 13.8 Å². The van der Waals surface area contributed by atoms with Crippen molar-refractivity contribution in [2.45, 2.75) is 39.2 Å². The van der Waals surface area contributed by atoms with Gasteiger partial charge in [0.15, 0.2) is 0 Å². The smallest absolute Gasteiger partial charge is 0.325 e. The molecular formula is C16H25NO3. The van der Waals surface area contributed by atoms with Crippen molar-refractivity contribution in [1.82, 2.24) is 5.32 Å². The largest absolute Gasteiger partial charge is 0.493 e. The summed E-state index contributed by atoms with van der Waals surface area (Å²) in [5.41, 5.74) is 1.71. The van der Waals surface area contributed by atoms with Gasteiger partial charge in [-0.2, -0.15) is 0 Å². The van der Waals surface area contributed by atoms with Gasteiger partial charge >= 0.3 is 5.97 Å². The second kappa shape index (κ2) is 7.29. The van der Waals surface area contributed by atoms with Gasteiger partial charge in [-0.15, -0.1) is 0 Å². The van der Waals surface area contributed by atoms with Crippen LogP contribution in [0.5, 0.6) is 5.75 Å². The molecule has 1 unspecified atom stereocenters. The van der Waals surface area contributed by atoms with Gasteiger partial charge < -0.3 is 14.8 Å². The number of esters is 1. The molecule has 0 aromatic heterocycles. The van der Waals surface area contributed by atoms with Crippen LogP contribution in [0.25, 0.3) is 0 Å². The van der Waals surface area contributed by atoms with E-state index >= 15 is 0 Å². The molecule has 0 aliphatic carbocycles. The second-order valence-electron chi connectivity index (χ2n) is 5.29. The Kier molecular flexibility index (Phi) is 6.02. The van der Waals surface area contributed by atoms with Crippen LogP contribution in [-0.4, -0.2) is 32.3 Å². The number of likely N-dealkylation sites (N-methyl/N-ethyl adjacent to an activating group) is 1. The van der Waals surface area contributed by atoms with Gasteiger partial charge in [-0.3, -0.25) is 4.79 Å². The van der Waals surface area contributed by atoms with E-state index in [1.165, 1.54) is 12.7 Å². The lowest BCUT2D eigenvalue weighted by Crippen LogP contribution is -2.48. The van der Waals surface area contributed by atoms with Crippen molar-refractivity contribution >= 4 is 5.97 Å². The van der Waals surface area contributed by atoms with Crippen molar-refractivity contribution < 1.29 is 14.3 Å². The normalized spacial score (nSPS) is 13.7. The van der Waals surface area contributed by atoms with Gasteiger partial charge in [0.2, 0.25) is 0 Å². The Morgan fingerprint density at radius 2 is 2.05 bits per heavy atom. The van der Waals surface area contributed by atoms with Crippen LogP contribution in [0.15, 0.2) is 18.2 Å². The molecule has 0 saturated heterocycles. The minimum absolute atomic E-state index is 0.244. The summed E-state index contributed by atoms with van der Waals surface area (Å²) < 4.78 is 10.6. The van der Waals surface area contributed by atoms with E-state index in [2.05, 4.69) is 18.3 Å². The molecular weight excluding hydrogens is 254 g/mol. The number of rotatable bonds is 7. The topological polar surface area (TPSA) is 47.6 Å². The summed E-state index contributed by atoms with van der Waals surface area (Å²) in [6, 6.07) is 6.12. The zero-order valence-corrected chi connectivity index (χ0v) is 13.1. The summed E-state index contributed by atoms with van der Waals surface area (Å²) in [5.74, 6) is 0.659. The molecule has 0 heterocycles. The molecule has 1 aromatic rings. The zero-order chi connectivity index (χ0) is 15.2. The van der Waals surface area contributed by atoms with Crippen molar-refractivity contribution in [2.75, 3.05) is 20.8 Å². The van der Waals surface area contributed by atoms with E-state index < -0.39 is 5.54 Å². The van der Waals surface area contributed by atoms with E-state index in [9.17, 15) is 4.79 Å². The van der Waals surface area contributed by atoms with Gasteiger partial charge in [0.25, 0.3) is 0 Å². The Balaban J connectivity index is 2.46. The number of hydrogen-bond donors (Lipinski definition) is 1. The summed E-state index contributed by atoms with van der Waals surface area (Å²) in [7, 11) is 3.17. The number of carbonyl (C=O) groups is 1. The highest BCUT2D eigenvalue weighted by Crippen LogP contribution is 2.20. The maximum Gasteiger partial charge on any atom is 0.325 e. The Morgan fingerprint density at radius 3 is 2.60 bits per heavy atom. The van der Waals surface area contributed by atoms with Gasteiger partial charge in [0.1, 0.15) is 11.3 Å². The standard InChI is InChI=1S/C16H25NO3/c1-12-7-8-14(13(2)11-12)20-10-6-9-16(3,17-4)15(18)19-5/h7-8,11,17H,6,9-10H2,1-5H3. The number of methoxy groups -OCH3 is 1. The third-order valence-corrected chi connectivity index (χ3v) is 3.60. The SMILES string of the molecule is CNC(C)(CCCOc1ccc(C)cc1C)C(=O)OC. The Morgan fingerprint density at radius 1 is 1.35 bits per heavy atom. The van der Waals surface area contributed by atoms with Crippen molar-refractivity contribution in [3.8, 4) is 5.75 Å². The van der Waals surface area contributed by atoms with E-state index in [-0.39, 0.29) is 5.97 Å². The molecule has 0 radical (unpaired) electrons. The van der Waals surface area contributed by atoms with Crippen LogP contribution >= 0.6 is 0 Å². The van der Waals surface area contributed by atoms with Gasteiger partial charge in [-0.05, 0) is 52.3 Å². The molecule has 4 nitrogen and oxygen atoms in total. The van der Waals surface area contributed by atoms with Gasteiger partial charge in [0.05, 0.1) is 13.7 Å². The maximum atomic E-state index is 11.7. The first-order chi connectivity index (χ1) is 9.42. The lowest BCUT2D eigenvalue weighted by atomic mass is 9.96. The van der Waals surface area contributed by atoms with Crippen molar-refractivity contribution in [3.63, 3.8) is 0 Å². The van der Waals surface area contributed by atoms with Gasteiger partial charge in [-0.25, -0.2) is 0 Å². The highest BCUT2D eigenvalue weighted by Gasteiger charge is 2.31. The van der Waals surface area contributed by atoms with Crippen LogP contribution in [0.1, 0.15) is 30.9 Å². The molecule has 1 N–H and O–H groups in total. The molecule has 0 amide bonds. The quantitative estimate of drug-likeness (QED) is 0.615. The third kappa shape index (κ3) is 4.23. The summed E-state index contributed by atoms with van der Waals surface area (Å²) in [4.78, 5) is 11.7. The van der Waals surface area contributed by atoms with Crippen molar-refractivity contribution in [1.29, 1.82) is 0 Å². The van der Waals surface area contributed by atoms with Crippen LogP contribution in [0.4, 0.5) is 0 Å². The minimum Gasteiger partial charge on any atom is -0.493 e. The van der Waals surface area contributed by atoms with E-state index in [1.807, 2.05) is 26.0 Å². The number of carbonyl (C=O) groups excluding carboxylic acids is 1. The fourth-order valence-electron chi connectivity index (χ4n) is 2.12. The Bertz CT molecular complexity index is 459. The lowest BCUT2D eigenvalue weighted by molar-refractivity contribution is -0.148. The zero-order valence-electron chi connectivity index (χ0n) is 13.1. The predicted molar refractivity (Wildman–Crippen MR) is 80.1 cm³/mol. The maximum absolute atomic E-state index is 11.7. The van der Waals surface area contributed by atoms with Crippen LogP contribution < -0.4 is 10.1 Å². The predicted octanol–water partition coefficient (Wildman–Crippen LogP) is 2.61. The van der Waals surface area contributed by atoms with Gasteiger partial charge in [0, 0.05) is 0 Å². The first-order valence-electron chi connectivity index (χ1n) is 6.90. The van der Waals surface area contributed by atoms with Crippen molar-refractivity contribution in [3.05, 3.63) is 29.3 Å². The molecule has 20 heavy (non-hydrogen) atoms. The average Bonchev–Trinajstić information content (AvgIpc) is 2.44. The first-order valence-corrected chi connectivity index (χ1v) is 6.90. The molecule has 1 rings (SSSR count). The van der Waals surface area contributed by atoms with Crippen LogP contribution in [0.2, 0.25) is 0 Å². The second-order valence-corrected chi connectivity index (χ2v) is 5.29. The van der Waals surface area contributed by atoms with E-state index in [0.717, 1.165) is 17.7 Å². The average molecular weight is 279 g/mol. The number of aryl methyl sites for hydroxylation is 2. The molecule has 1 atom stereocenters. The molecule has 0 bridgehead atoms. The summed E-state index contributed by atoms with van der Waals surface area (Å²) in [6.07, 6.45) is 1.45. The van der Waals surface area contributed by atoms with E-state index in [4.69, 9.17) is 9.47 Å². The first kappa shape index (κ1) is 16.5. The Labute approximate surface area is 121 Å². The fourth-order valence-corrected chi connectivity index (χ4v) is 2.12. The molecule has 1 aromatic carbocycles. The molecule has 0 saturated carbocycles. The highest BCUT2D eigenvalue weighted by atomic mass is 16.5. The third-order valence-electron chi connectivity index (χ3n) is 3.60. The summed E-state index contributed by atoms with van der Waals surface area (Å²) in [6.45, 7) is 6.52.